The molecule has 4 N–H and O–H groups in total. The van der Waals surface area contributed by atoms with Gasteiger partial charge in [0.1, 0.15) is 0 Å². The maximum atomic E-state index is 11.5. The van der Waals surface area contributed by atoms with Gasteiger partial charge in [0, 0.05) is 12.5 Å². The number of hydrogen-bond acceptors (Lipinski definition) is 3. The summed E-state index contributed by atoms with van der Waals surface area (Å²) in [6.45, 7) is 0.622. The number of carbonyl (C=O) groups is 2. The number of hydrogen-bond donors (Lipinski definition) is 3. The minimum absolute atomic E-state index is 0.0669. The third-order valence-corrected chi connectivity index (χ3v) is 3.30. The largest absolute Gasteiger partial charge is 0.481 e. The van der Waals surface area contributed by atoms with Gasteiger partial charge in [0.15, 0.2) is 0 Å². The summed E-state index contributed by atoms with van der Waals surface area (Å²) in [4.78, 5) is 22.3. The fraction of sp³-hybridized carbons (Fsp3) is 0.833. The lowest BCUT2D eigenvalue weighted by molar-refractivity contribution is -0.142. The topological polar surface area (TPSA) is 92.4 Å². The fourth-order valence-corrected chi connectivity index (χ4v) is 2.21. The molecule has 5 heteroatoms. The summed E-state index contributed by atoms with van der Waals surface area (Å²) in [5.74, 6) is -0.865. The molecule has 0 aliphatic heterocycles. The summed E-state index contributed by atoms with van der Waals surface area (Å²) in [6.07, 6.45) is 5.12. The number of nitrogens with two attached hydrogens (primary N) is 1. The Labute approximate surface area is 102 Å². The smallest absolute Gasteiger partial charge is 0.306 e. The van der Waals surface area contributed by atoms with Crippen LogP contribution in [0.3, 0.4) is 0 Å². The lowest BCUT2D eigenvalue weighted by Crippen LogP contribution is -2.38. The molecule has 0 atom stereocenters. The predicted octanol–water partition coefficient (Wildman–Crippen LogP) is 0.875. The molecule has 0 unspecified atom stereocenters. The Kier molecular flexibility index (Phi) is 5.97. The van der Waals surface area contributed by atoms with E-state index < -0.39 is 5.97 Å². The molecule has 0 bridgehead atoms. The van der Waals surface area contributed by atoms with Crippen molar-refractivity contribution in [1.82, 2.24) is 5.32 Å². The molecule has 0 aromatic carbocycles. The van der Waals surface area contributed by atoms with E-state index in [0.29, 0.717) is 25.8 Å². The van der Waals surface area contributed by atoms with E-state index in [4.69, 9.17) is 10.8 Å². The number of carboxylic acid groups (broad SMARTS) is 1. The molecule has 1 fully saturated rings. The van der Waals surface area contributed by atoms with Gasteiger partial charge < -0.3 is 16.2 Å². The van der Waals surface area contributed by atoms with Crippen LogP contribution >= 0.6 is 0 Å². The quantitative estimate of drug-likeness (QED) is 0.603. The number of carboxylic acids is 1. The average molecular weight is 242 g/mol. The number of carbonyl (C=O) groups excluding carboxylic acids is 1. The summed E-state index contributed by atoms with van der Waals surface area (Å²) >= 11 is 0. The van der Waals surface area contributed by atoms with Gasteiger partial charge in [-0.15, -0.1) is 0 Å². The summed E-state index contributed by atoms with van der Waals surface area (Å²) in [5, 5.41) is 11.8. The van der Waals surface area contributed by atoms with Crippen LogP contribution in [0.15, 0.2) is 0 Å². The van der Waals surface area contributed by atoms with Crippen molar-refractivity contribution in [3.8, 4) is 0 Å². The average Bonchev–Trinajstić information content (AvgIpc) is 2.30. The predicted molar refractivity (Wildman–Crippen MR) is 64.4 cm³/mol. The third kappa shape index (κ3) is 5.17. The van der Waals surface area contributed by atoms with Crippen LogP contribution in [-0.2, 0) is 9.59 Å². The van der Waals surface area contributed by atoms with Crippen molar-refractivity contribution in [2.75, 3.05) is 6.54 Å². The second-order valence-electron chi connectivity index (χ2n) is 4.70. The molecule has 1 aliphatic rings. The van der Waals surface area contributed by atoms with Gasteiger partial charge in [-0.3, -0.25) is 9.59 Å². The Balaban J connectivity index is 2.17. The normalized spacial score (nSPS) is 24.3. The Bertz CT molecular complexity index is 260. The molecule has 1 aliphatic carbocycles. The van der Waals surface area contributed by atoms with Gasteiger partial charge >= 0.3 is 5.97 Å². The van der Waals surface area contributed by atoms with E-state index >= 15 is 0 Å². The highest BCUT2D eigenvalue weighted by Gasteiger charge is 2.26. The Morgan fingerprint density at radius 1 is 1.18 bits per heavy atom. The van der Waals surface area contributed by atoms with Gasteiger partial charge in [0.05, 0.1) is 5.92 Å². The molecule has 0 spiro atoms. The number of aliphatic carboxylic acids is 1. The standard InChI is InChI=1S/C12H22N2O3/c13-8-2-1-3-11(15)14-10-6-4-9(5-7-10)12(16)17/h9-10H,1-8,13H2,(H,14,15)(H,16,17). The fourth-order valence-electron chi connectivity index (χ4n) is 2.21. The molecule has 0 aromatic heterocycles. The lowest BCUT2D eigenvalue weighted by Gasteiger charge is -2.26. The second-order valence-corrected chi connectivity index (χ2v) is 4.70. The van der Waals surface area contributed by atoms with Crippen molar-refractivity contribution in [2.45, 2.75) is 51.0 Å². The summed E-state index contributed by atoms with van der Waals surface area (Å²) in [7, 11) is 0. The molecule has 1 amide bonds. The van der Waals surface area contributed by atoms with E-state index in [0.717, 1.165) is 25.7 Å². The van der Waals surface area contributed by atoms with E-state index in [1.165, 1.54) is 0 Å². The van der Waals surface area contributed by atoms with E-state index in [-0.39, 0.29) is 17.9 Å². The van der Waals surface area contributed by atoms with Crippen LogP contribution in [0, 0.1) is 5.92 Å². The van der Waals surface area contributed by atoms with Gasteiger partial charge in [-0.1, -0.05) is 0 Å². The zero-order valence-corrected chi connectivity index (χ0v) is 10.2. The van der Waals surface area contributed by atoms with Crippen molar-refractivity contribution < 1.29 is 14.7 Å². The van der Waals surface area contributed by atoms with Crippen LogP contribution in [0.1, 0.15) is 44.9 Å². The van der Waals surface area contributed by atoms with Gasteiger partial charge in [0.2, 0.25) is 5.91 Å². The zero-order chi connectivity index (χ0) is 12.7. The van der Waals surface area contributed by atoms with Crippen molar-refractivity contribution >= 4 is 11.9 Å². The summed E-state index contributed by atoms with van der Waals surface area (Å²) in [6, 6.07) is 0.163. The Hall–Kier alpha value is -1.10. The monoisotopic (exact) mass is 242 g/mol. The van der Waals surface area contributed by atoms with Crippen molar-refractivity contribution in [3.05, 3.63) is 0 Å². The molecular formula is C12H22N2O3. The molecule has 0 aromatic rings. The third-order valence-electron chi connectivity index (χ3n) is 3.30. The molecule has 1 saturated carbocycles. The Morgan fingerprint density at radius 3 is 2.35 bits per heavy atom. The van der Waals surface area contributed by atoms with E-state index in [2.05, 4.69) is 5.32 Å². The number of rotatable bonds is 6. The van der Waals surface area contributed by atoms with Crippen LogP contribution in [0.4, 0.5) is 0 Å². The SMILES string of the molecule is NCCCCC(=O)NC1CCC(C(=O)O)CC1. The maximum absolute atomic E-state index is 11.5. The van der Waals surface area contributed by atoms with Crippen molar-refractivity contribution in [3.63, 3.8) is 0 Å². The summed E-state index contributed by atoms with van der Waals surface area (Å²) in [5.41, 5.74) is 5.36. The highest BCUT2D eigenvalue weighted by Crippen LogP contribution is 2.24. The van der Waals surface area contributed by atoms with Gasteiger partial charge in [0.25, 0.3) is 0 Å². The lowest BCUT2D eigenvalue weighted by atomic mass is 9.86. The molecule has 17 heavy (non-hydrogen) atoms. The first-order valence-corrected chi connectivity index (χ1v) is 6.35. The van der Waals surface area contributed by atoms with Gasteiger partial charge in [-0.25, -0.2) is 0 Å². The van der Waals surface area contributed by atoms with Crippen molar-refractivity contribution in [1.29, 1.82) is 0 Å². The molecule has 98 valence electrons. The highest BCUT2D eigenvalue weighted by atomic mass is 16.4. The van der Waals surface area contributed by atoms with Crippen LogP contribution in [0.5, 0.6) is 0 Å². The van der Waals surface area contributed by atoms with Crippen LogP contribution in [-0.4, -0.2) is 29.6 Å². The van der Waals surface area contributed by atoms with E-state index in [1.54, 1.807) is 0 Å². The summed E-state index contributed by atoms with van der Waals surface area (Å²) < 4.78 is 0. The maximum Gasteiger partial charge on any atom is 0.306 e. The first kappa shape index (κ1) is 14.0. The van der Waals surface area contributed by atoms with Crippen molar-refractivity contribution in [2.24, 2.45) is 11.7 Å². The van der Waals surface area contributed by atoms with Crippen LogP contribution in [0.2, 0.25) is 0 Å². The van der Waals surface area contributed by atoms with Gasteiger partial charge in [-0.05, 0) is 45.1 Å². The minimum Gasteiger partial charge on any atom is -0.481 e. The first-order valence-electron chi connectivity index (χ1n) is 6.35. The number of unbranched alkanes of at least 4 members (excludes halogenated alkanes) is 1. The number of amides is 1. The molecule has 0 radical (unpaired) electrons. The van der Waals surface area contributed by atoms with Crippen LogP contribution < -0.4 is 11.1 Å². The number of nitrogens with one attached hydrogen (secondary N) is 1. The van der Waals surface area contributed by atoms with Gasteiger partial charge in [-0.2, -0.15) is 0 Å². The zero-order valence-electron chi connectivity index (χ0n) is 10.2. The van der Waals surface area contributed by atoms with Crippen LogP contribution in [0.25, 0.3) is 0 Å². The highest BCUT2D eigenvalue weighted by molar-refractivity contribution is 5.76. The molecule has 5 nitrogen and oxygen atoms in total. The molecule has 0 heterocycles. The first-order chi connectivity index (χ1) is 8.13. The van der Waals surface area contributed by atoms with E-state index in [9.17, 15) is 9.59 Å². The van der Waals surface area contributed by atoms with E-state index in [1.807, 2.05) is 0 Å². The Morgan fingerprint density at radius 2 is 1.82 bits per heavy atom. The minimum atomic E-state index is -0.710. The molecular weight excluding hydrogens is 220 g/mol. The molecule has 0 saturated heterocycles. The molecule has 1 rings (SSSR count). The second kappa shape index (κ2) is 7.27.